The summed E-state index contributed by atoms with van der Waals surface area (Å²) in [7, 11) is 1.85. The Hall–Kier alpha value is -1.72. The number of rotatable bonds is 5. The Balaban J connectivity index is 1.75. The minimum Gasteiger partial charge on any atom is -0.334 e. The third-order valence-electron chi connectivity index (χ3n) is 3.81. The van der Waals surface area contributed by atoms with Crippen LogP contribution in [0.5, 0.6) is 0 Å². The van der Waals surface area contributed by atoms with E-state index in [2.05, 4.69) is 31.0 Å². The molecule has 2 heterocycles. The Morgan fingerprint density at radius 1 is 1.26 bits per heavy atom. The number of thiophene rings is 1. The summed E-state index contributed by atoms with van der Waals surface area (Å²) in [6.07, 6.45) is 2.14. The number of fused-ring (bicyclic) bond motifs is 1. The minimum absolute atomic E-state index is 0.0831. The van der Waals surface area contributed by atoms with E-state index in [1.165, 1.54) is 15.1 Å². The van der Waals surface area contributed by atoms with Crippen molar-refractivity contribution in [3.05, 3.63) is 50.7 Å². The zero-order chi connectivity index (χ0) is 16.4. The summed E-state index contributed by atoms with van der Waals surface area (Å²) < 4.78 is 1.17. The van der Waals surface area contributed by atoms with Crippen LogP contribution in [0.2, 0.25) is 0 Å². The molecule has 5 heteroatoms. The molecule has 0 saturated heterocycles. The van der Waals surface area contributed by atoms with Gasteiger partial charge < -0.3 is 4.90 Å². The highest BCUT2D eigenvalue weighted by Gasteiger charge is 2.17. The van der Waals surface area contributed by atoms with E-state index in [1.54, 1.807) is 27.6 Å². The van der Waals surface area contributed by atoms with Crippen molar-refractivity contribution in [2.75, 3.05) is 7.05 Å². The second-order valence-corrected chi connectivity index (χ2v) is 8.05. The lowest BCUT2D eigenvalue weighted by Gasteiger charge is -2.14. The molecule has 2 aromatic heterocycles. The molecule has 3 nitrogen and oxygen atoms in total. The van der Waals surface area contributed by atoms with Crippen molar-refractivity contribution >= 4 is 38.8 Å². The molecule has 0 saturated carbocycles. The van der Waals surface area contributed by atoms with Crippen LogP contribution in [0, 0.1) is 6.92 Å². The summed E-state index contributed by atoms with van der Waals surface area (Å²) in [6.45, 7) is 4.82. The molecule has 0 atom stereocenters. The van der Waals surface area contributed by atoms with Crippen LogP contribution in [0.4, 0.5) is 0 Å². The zero-order valence-corrected chi connectivity index (χ0v) is 15.3. The number of carbonyl (C=O) groups excluding carboxylic acids is 1. The number of para-hydroxylation sites is 1. The first-order chi connectivity index (χ1) is 11.1. The van der Waals surface area contributed by atoms with Gasteiger partial charge in [-0.3, -0.25) is 4.79 Å². The molecule has 0 fully saturated rings. The second kappa shape index (κ2) is 6.81. The largest absolute Gasteiger partial charge is 0.334 e. The van der Waals surface area contributed by atoms with E-state index in [1.807, 2.05) is 25.2 Å². The van der Waals surface area contributed by atoms with Crippen LogP contribution in [-0.4, -0.2) is 22.8 Å². The first-order valence-corrected chi connectivity index (χ1v) is 9.41. The highest BCUT2D eigenvalue weighted by atomic mass is 32.1. The van der Waals surface area contributed by atoms with E-state index in [4.69, 9.17) is 0 Å². The van der Waals surface area contributed by atoms with Gasteiger partial charge in [-0.2, -0.15) is 0 Å². The number of hydrogen-bond donors (Lipinski definition) is 0. The van der Waals surface area contributed by atoms with Gasteiger partial charge in [0.1, 0.15) is 5.01 Å². The molecule has 0 aliphatic heterocycles. The first kappa shape index (κ1) is 16.1. The highest BCUT2D eigenvalue weighted by molar-refractivity contribution is 7.18. The summed E-state index contributed by atoms with van der Waals surface area (Å²) in [5.74, 6) is 0.0831. The number of nitrogens with zero attached hydrogens (tertiary/aromatic N) is 2. The molecule has 0 N–H and O–H groups in total. The van der Waals surface area contributed by atoms with E-state index in [9.17, 15) is 4.79 Å². The summed E-state index contributed by atoms with van der Waals surface area (Å²) >= 11 is 3.25. The molecular formula is C18H20N2OS2. The van der Waals surface area contributed by atoms with Crippen LogP contribution in [-0.2, 0) is 13.0 Å². The van der Waals surface area contributed by atoms with Gasteiger partial charge in [0.2, 0.25) is 0 Å². The summed E-state index contributed by atoms with van der Waals surface area (Å²) in [6, 6.07) is 10.1. The Morgan fingerprint density at radius 2 is 2.04 bits per heavy atom. The number of amides is 1. The number of hydrogen-bond acceptors (Lipinski definition) is 4. The lowest BCUT2D eigenvalue weighted by molar-refractivity contribution is 0.0790. The number of benzene rings is 1. The molecule has 120 valence electrons. The molecule has 0 unspecified atom stereocenters. The fraction of sp³-hybridized carbons (Fsp3) is 0.333. The van der Waals surface area contributed by atoms with Crippen LogP contribution >= 0.6 is 22.7 Å². The van der Waals surface area contributed by atoms with E-state index in [0.29, 0.717) is 6.54 Å². The van der Waals surface area contributed by atoms with E-state index in [-0.39, 0.29) is 5.91 Å². The van der Waals surface area contributed by atoms with Crippen molar-refractivity contribution in [1.82, 2.24) is 9.88 Å². The van der Waals surface area contributed by atoms with Crippen molar-refractivity contribution in [3.63, 3.8) is 0 Å². The van der Waals surface area contributed by atoms with E-state index >= 15 is 0 Å². The number of thiazole rings is 1. The highest BCUT2D eigenvalue weighted by Crippen LogP contribution is 2.26. The number of aromatic nitrogens is 1. The first-order valence-electron chi connectivity index (χ1n) is 7.77. The molecular weight excluding hydrogens is 324 g/mol. The topological polar surface area (TPSA) is 33.2 Å². The van der Waals surface area contributed by atoms with Gasteiger partial charge in [0.05, 0.1) is 21.6 Å². The summed E-state index contributed by atoms with van der Waals surface area (Å²) in [5.41, 5.74) is 2.31. The lowest BCUT2D eigenvalue weighted by Crippen LogP contribution is -2.25. The fourth-order valence-electron chi connectivity index (χ4n) is 2.59. The Morgan fingerprint density at radius 3 is 2.78 bits per heavy atom. The van der Waals surface area contributed by atoms with Crippen LogP contribution in [0.3, 0.4) is 0 Å². The third-order valence-corrected chi connectivity index (χ3v) is 5.91. The molecule has 0 spiro atoms. The summed E-state index contributed by atoms with van der Waals surface area (Å²) in [4.78, 5) is 21.1. The van der Waals surface area contributed by atoms with E-state index in [0.717, 1.165) is 28.2 Å². The SMILES string of the molecule is CCCc1cc(C(=O)N(C)Cc2nc3ccccc3s2)sc1C. The maximum atomic E-state index is 12.6. The van der Waals surface area contributed by atoms with Gasteiger partial charge in [0.15, 0.2) is 0 Å². The minimum atomic E-state index is 0.0831. The van der Waals surface area contributed by atoms with Crippen LogP contribution in [0.15, 0.2) is 30.3 Å². The predicted octanol–water partition coefficient (Wildman–Crippen LogP) is 4.89. The van der Waals surface area contributed by atoms with Gasteiger partial charge in [-0.1, -0.05) is 25.5 Å². The smallest absolute Gasteiger partial charge is 0.264 e. The van der Waals surface area contributed by atoms with Crippen LogP contribution in [0.1, 0.15) is 38.5 Å². The molecule has 3 rings (SSSR count). The standard InChI is InChI=1S/C18H20N2OS2/c1-4-7-13-10-16(22-12(13)2)18(21)20(3)11-17-19-14-8-5-6-9-15(14)23-17/h5-6,8-10H,4,7,11H2,1-3H3. The van der Waals surface area contributed by atoms with Crippen molar-refractivity contribution in [1.29, 1.82) is 0 Å². The van der Waals surface area contributed by atoms with Crippen molar-refractivity contribution in [2.45, 2.75) is 33.2 Å². The molecule has 23 heavy (non-hydrogen) atoms. The lowest BCUT2D eigenvalue weighted by atomic mass is 10.1. The number of carbonyl (C=O) groups is 1. The van der Waals surface area contributed by atoms with Gasteiger partial charge in [-0.05, 0) is 37.1 Å². The molecule has 0 bridgehead atoms. The third kappa shape index (κ3) is 3.46. The van der Waals surface area contributed by atoms with Gasteiger partial charge in [0.25, 0.3) is 5.91 Å². The Bertz CT molecular complexity index is 802. The number of aryl methyl sites for hydroxylation is 2. The van der Waals surface area contributed by atoms with E-state index < -0.39 is 0 Å². The molecule has 0 aliphatic rings. The molecule has 1 aromatic carbocycles. The quantitative estimate of drug-likeness (QED) is 0.660. The van der Waals surface area contributed by atoms with Gasteiger partial charge >= 0.3 is 0 Å². The van der Waals surface area contributed by atoms with Crippen LogP contribution in [0.25, 0.3) is 10.2 Å². The van der Waals surface area contributed by atoms with Gasteiger partial charge in [0, 0.05) is 11.9 Å². The normalized spacial score (nSPS) is 11.1. The second-order valence-electron chi connectivity index (χ2n) is 5.68. The maximum Gasteiger partial charge on any atom is 0.264 e. The van der Waals surface area contributed by atoms with Gasteiger partial charge in [-0.15, -0.1) is 22.7 Å². The Labute approximate surface area is 144 Å². The zero-order valence-electron chi connectivity index (χ0n) is 13.6. The van der Waals surface area contributed by atoms with Crippen molar-refractivity contribution in [2.24, 2.45) is 0 Å². The Kier molecular flexibility index (Phi) is 4.78. The molecule has 0 aliphatic carbocycles. The maximum absolute atomic E-state index is 12.6. The molecule has 3 aromatic rings. The van der Waals surface area contributed by atoms with Crippen LogP contribution < -0.4 is 0 Å². The summed E-state index contributed by atoms with van der Waals surface area (Å²) in [5, 5.41) is 0.976. The average Bonchev–Trinajstić information content (AvgIpc) is 3.10. The average molecular weight is 345 g/mol. The fourth-order valence-corrected chi connectivity index (χ4v) is 4.68. The van der Waals surface area contributed by atoms with Crippen molar-refractivity contribution < 1.29 is 4.79 Å². The monoisotopic (exact) mass is 344 g/mol. The van der Waals surface area contributed by atoms with Crippen molar-refractivity contribution in [3.8, 4) is 0 Å². The molecule has 1 amide bonds. The van der Waals surface area contributed by atoms with Gasteiger partial charge in [-0.25, -0.2) is 4.98 Å². The molecule has 0 radical (unpaired) electrons. The predicted molar refractivity (Wildman–Crippen MR) is 98.5 cm³/mol.